The van der Waals surface area contributed by atoms with E-state index in [1.165, 1.54) is 6.07 Å². The van der Waals surface area contributed by atoms with E-state index in [1.54, 1.807) is 68.2 Å². The number of carbonyl (C=O) groups excluding carboxylic acids is 2. The monoisotopic (exact) mass is 575 g/mol. The zero-order valence-corrected chi connectivity index (χ0v) is 24.5. The summed E-state index contributed by atoms with van der Waals surface area (Å²) in [6.07, 6.45) is 4.58. The van der Waals surface area contributed by atoms with Crippen molar-refractivity contribution in [3.63, 3.8) is 0 Å². The Morgan fingerprint density at radius 2 is 1.71 bits per heavy atom. The molecule has 0 saturated heterocycles. The van der Waals surface area contributed by atoms with Crippen LogP contribution in [0.1, 0.15) is 46.2 Å². The molecule has 1 atom stereocenters. The number of anilines is 1. The van der Waals surface area contributed by atoms with Gasteiger partial charge in [-0.1, -0.05) is 17.7 Å². The Kier molecular flexibility index (Phi) is 8.98. The van der Waals surface area contributed by atoms with Gasteiger partial charge in [-0.15, -0.1) is 0 Å². The van der Waals surface area contributed by atoms with E-state index in [2.05, 4.69) is 20.6 Å². The van der Waals surface area contributed by atoms with E-state index in [-0.39, 0.29) is 18.0 Å². The molecule has 3 N–H and O–H groups in total. The Morgan fingerprint density at radius 1 is 1.02 bits per heavy atom. The third kappa shape index (κ3) is 7.85. The molecule has 0 radical (unpaired) electrons. The highest BCUT2D eigenvalue weighted by Gasteiger charge is 2.26. The number of pyridine rings is 1. The van der Waals surface area contributed by atoms with Crippen LogP contribution in [0.4, 0.5) is 10.5 Å². The van der Waals surface area contributed by atoms with Crippen molar-refractivity contribution in [2.45, 2.75) is 58.7 Å². The van der Waals surface area contributed by atoms with Crippen molar-refractivity contribution in [1.82, 2.24) is 19.9 Å². The minimum absolute atomic E-state index is 0.00604. The third-order valence-electron chi connectivity index (χ3n) is 6.23. The molecule has 4 aromatic rings. The van der Waals surface area contributed by atoms with Crippen LogP contribution < -0.4 is 16.2 Å². The highest BCUT2D eigenvalue weighted by Crippen LogP contribution is 2.27. The van der Waals surface area contributed by atoms with Crippen LogP contribution in [0.2, 0.25) is 5.02 Å². The normalized spacial score (nSPS) is 12.2. The number of carbonyl (C=O) groups is 2. The first-order valence-corrected chi connectivity index (χ1v) is 13.7. The van der Waals surface area contributed by atoms with Crippen LogP contribution in [-0.4, -0.2) is 38.2 Å². The summed E-state index contributed by atoms with van der Waals surface area (Å²) in [7, 11) is 0. The summed E-state index contributed by atoms with van der Waals surface area (Å²) in [5.74, 6) is 0.280. The molecule has 2 aromatic carbocycles. The van der Waals surface area contributed by atoms with E-state index in [9.17, 15) is 14.4 Å². The molecule has 0 bridgehead atoms. The molecular formula is C31H34ClN5O4. The number of imidazole rings is 1. The SMILES string of the molecule is CC(C)n1cc(-c2ccc(Cl)c(CC(NC(=O)OC(C)(C)C)C(=O)Nc3ccc(-c4ncc[nH]4)cc3)c2)ccc1=O. The summed E-state index contributed by atoms with van der Waals surface area (Å²) in [4.78, 5) is 45.7. The quantitative estimate of drug-likeness (QED) is 0.231. The molecule has 1 unspecified atom stereocenters. The van der Waals surface area contributed by atoms with Gasteiger partial charge in [0.1, 0.15) is 17.5 Å². The Balaban J connectivity index is 1.60. The van der Waals surface area contributed by atoms with Gasteiger partial charge in [-0.05, 0) is 93.8 Å². The first-order chi connectivity index (χ1) is 19.4. The lowest BCUT2D eigenvalue weighted by atomic mass is 9.99. The van der Waals surface area contributed by atoms with Crippen molar-refractivity contribution >= 4 is 29.3 Å². The number of nitrogens with one attached hydrogen (secondary N) is 3. The van der Waals surface area contributed by atoms with Gasteiger partial charge in [0.25, 0.3) is 5.56 Å². The Bertz CT molecular complexity index is 1570. The number of alkyl carbamates (subject to hydrolysis) is 1. The maximum absolute atomic E-state index is 13.5. The number of amides is 2. The zero-order chi connectivity index (χ0) is 29.7. The van der Waals surface area contributed by atoms with Crippen molar-refractivity contribution in [1.29, 1.82) is 0 Å². The van der Waals surface area contributed by atoms with Gasteiger partial charge in [0.15, 0.2) is 0 Å². The number of nitrogens with zero attached hydrogens (tertiary/aromatic N) is 2. The molecule has 9 nitrogen and oxygen atoms in total. The van der Waals surface area contributed by atoms with Gasteiger partial charge in [-0.2, -0.15) is 0 Å². The lowest BCUT2D eigenvalue weighted by Crippen LogP contribution is -2.47. The minimum Gasteiger partial charge on any atom is -0.444 e. The van der Waals surface area contributed by atoms with Gasteiger partial charge < -0.3 is 24.9 Å². The molecule has 0 fully saturated rings. The number of aromatic nitrogens is 3. The number of hydrogen-bond donors (Lipinski definition) is 3. The maximum Gasteiger partial charge on any atom is 0.408 e. The van der Waals surface area contributed by atoms with E-state index in [0.29, 0.717) is 22.1 Å². The van der Waals surface area contributed by atoms with E-state index in [0.717, 1.165) is 16.7 Å². The number of hydrogen-bond acceptors (Lipinski definition) is 5. The number of benzene rings is 2. The van der Waals surface area contributed by atoms with Crippen molar-refractivity contribution < 1.29 is 14.3 Å². The average molecular weight is 576 g/mol. The van der Waals surface area contributed by atoms with E-state index in [4.69, 9.17) is 16.3 Å². The predicted octanol–water partition coefficient (Wildman–Crippen LogP) is 6.21. The van der Waals surface area contributed by atoms with Crippen LogP contribution in [0.3, 0.4) is 0 Å². The third-order valence-corrected chi connectivity index (χ3v) is 6.60. The number of rotatable bonds is 8. The van der Waals surface area contributed by atoms with Crippen molar-refractivity contribution in [2.75, 3.05) is 5.32 Å². The fraction of sp³-hybridized carbons (Fsp3) is 0.290. The summed E-state index contributed by atoms with van der Waals surface area (Å²) >= 11 is 6.57. The standard InChI is InChI=1S/C31H34ClN5O4/c1-19(2)37-18-22(9-13-27(37)38)21-8-12-25(32)23(16-21)17-26(36-30(40)41-31(3,4)5)29(39)35-24-10-6-20(7-11-24)28-33-14-15-34-28/h6-16,18-19,26H,17H2,1-5H3,(H,33,34)(H,35,39)(H,36,40). The molecule has 4 rings (SSSR count). The second-order valence-electron chi connectivity index (χ2n) is 11.0. The topological polar surface area (TPSA) is 118 Å². The molecule has 0 aliphatic carbocycles. The Morgan fingerprint density at radius 3 is 2.34 bits per heavy atom. The summed E-state index contributed by atoms with van der Waals surface area (Å²) in [6, 6.07) is 14.9. The molecule has 10 heteroatoms. The number of ether oxygens (including phenoxy) is 1. The summed E-state index contributed by atoms with van der Waals surface area (Å²) in [6.45, 7) is 9.13. The largest absolute Gasteiger partial charge is 0.444 e. The number of H-pyrrole nitrogens is 1. The second-order valence-corrected chi connectivity index (χ2v) is 11.4. The summed E-state index contributed by atoms with van der Waals surface area (Å²) in [5.41, 5.74) is 2.88. The molecule has 0 aliphatic rings. The first kappa shape index (κ1) is 29.6. The van der Waals surface area contributed by atoms with Crippen molar-refractivity contribution in [2.24, 2.45) is 0 Å². The summed E-state index contributed by atoms with van der Waals surface area (Å²) in [5, 5.41) is 6.02. The van der Waals surface area contributed by atoms with E-state index < -0.39 is 23.6 Å². The smallest absolute Gasteiger partial charge is 0.408 e. The van der Waals surface area contributed by atoms with Crippen molar-refractivity contribution in [3.05, 3.63) is 94.1 Å². The molecule has 0 saturated carbocycles. The second kappa shape index (κ2) is 12.4. The predicted molar refractivity (Wildman–Crippen MR) is 161 cm³/mol. The number of halogens is 1. The van der Waals surface area contributed by atoms with Gasteiger partial charge in [0.2, 0.25) is 5.91 Å². The van der Waals surface area contributed by atoms with Crippen LogP contribution in [0.25, 0.3) is 22.5 Å². The molecule has 214 valence electrons. The van der Waals surface area contributed by atoms with Gasteiger partial charge in [-0.3, -0.25) is 9.59 Å². The summed E-state index contributed by atoms with van der Waals surface area (Å²) < 4.78 is 7.08. The highest BCUT2D eigenvalue weighted by molar-refractivity contribution is 6.31. The van der Waals surface area contributed by atoms with Crippen LogP contribution in [0, 0.1) is 0 Å². The molecule has 0 spiro atoms. The molecule has 2 aromatic heterocycles. The van der Waals surface area contributed by atoms with Gasteiger partial charge >= 0.3 is 6.09 Å². The fourth-order valence-corrected chi connectivity index (χ4v) is 4.43. The van der Waals surface area contributed by atoms with E-state index in [1.807, 2.05) is 38.1 Å². The van der Waals surface area contributed by atoms with Gasteiger partial charge in [0, 0.05) is 53.4 Å². The molecule has 0 aliphatic heterocycles. The Labute approximate surface area is 243 Å². The first-order valence-electron chi connectivity index (χ1n) is 13.3. The average Bonchev–Trinajstić information content (AvgIpc) is 3.44. The van der Waals surface area contributed by atoms with Gasteiger partial charge in [0.05, 0.1) is 0 Å². The van der Waals surface area contributed by atoms with E-state index >= 15 is 0 Å². The fourth-order valence-electron chi connectivity index (χ4n) is 4.23. The van der Waals surface area contributed by atoms with Crippen LogP contribution in [0.5, 0.6) is 0 Å². The molecule has 41 heavy (non-hydrogen) atoms. The number of aromatic amines is 1. The zero-order valence-electron chi connectivity index (χ0n) is 23.7. The molecule has 2 heterocycles. The maximum atomic E-state index is 13.5. The lowest BCUT2D eigenvalue weighted by Gasteiger charge is -2.24. The highest BCUT2D eigenvalue weighted by atomic mass is 35.5. The lowest BCUT2D eigenvalue weighted by molar-refractivity contribution is -0.118. The van der Waals surface area contributed by atoms with Crippen LogP contribution in [-0.2, 0) is 16.0 Å². The Hall–Kier alpha value is -4.37. The van der Waals surface area contributed by atoms with Crippen LogP contribution in [0.15, 0.2) is 78.0 Å². The molecule has 2 amide bonds. The van der Waals surface area contributed by atoms with Crippen molar-refractivity contribution in [3.8, 4) is 22.5 Å². The van der Waals surface area contributed by atoms with Gasteiger partial charge in [-0.25, -0.2) is 9.78 Å². The minimum atomic E-state index is -0.994. The van der Waals surface area contributed by atoms with Crippen LogP contribution >= 0.6 is 11.6 Å². The molecular weight excluding hydrogens is 542 g/mol.